The maximum atomic E-state index is 11.3. The summed E-state index contributed by atoms with van der Waals surface area (Å²) in [5.74, 6) is 0.570. The number of guanidine groups is 1. The van der Waals surface area contributed by atoms with Crippen molar-refractivity contribution >= 4 is 11.9 Å². The molecule has 0 fully saturated rings. The van der Waals surface area contributed by atoms with Gasteiger partial charge in [0.2, 0.25) is 5.91 Å². The zero-order valence-corrected chi connectivity index (χ0v) is 10.3. The average molecular weight is 230 g/mol. The number of ether oxygens (including phenoxy) is 1. The fourth-order valence-electron chi connectivity index (χ4n) is 0.983. The van der Waals surface area contributed by atoms with Gasteiger partial charge < -0.3 is 20.7 Å². The molecule has 0 saturated carbocycles. The third kappa shape index (κ3) is 8.05. The van der Waals surface area contributed by atoms with Crippen LogP contribution in [0.4, 0.5) is 0 Å². The van der Waals surface area contributed by atoms with Crippen LogP contribution in [-0.2, 0) is 9.53 Å². The lowest BCUT2D eigenvalue weighted by molar-refractivity contribution is -0.120. The number of carbonyl (C=O) groups excluding carboxylic acids is 1. The fourth-order valence-corrected chi connectivity index (χ4v) is 0.983. The van der Waals surface area contributed by atoms with Crippen molar-refractivity contribution in [3.8, 4) is 0 Å². The molecule has 3 N–H and O–H groups in total. The van der Waals surface area contributed by atoms with Gasteiger partial charge in [-0.1, -0.05) is 6.92 Å². The molecule has 0 radical (unpaired) electrons. The van der Waals surface area contributed by atoms with E-state index in [0.29, 0.717) is 19.1 Å². The van der Waals surface area contributed by atoms with Gasteiger partial charge in [-0.15, -0.1) is 0 Å². The summed E-state index contributed by atoms with van der Waals surface area (Å²) in [6, 6.07) is 0. The van der Waals surface area contributed by atoms with Crippen molar-refractivity contribution in [2.24, 2.45) is 4.99 Å². The van der Waals surface area contributed by atoms with Gasteiger partial charge >= 0.3 is 0 Å². The zero-order chi connectivity index (χ0) is 12.2. The van der Waals surface area contributed by atoms with Crippen LogP contribution in [0.2, 0.25) is 0 Å². The number of rotatable bonds is 7. The molecule has 0 aliphatic rings. The highest BCUT2D eigenvalue weighted by Gasteiger charge is 2.01. The molecule has 0 aromatic carbocycles. The van der Waals surface area contributed by atoms with Crippen molar-refractivity contribution in [1.29, 1.82) is 0 Å². The predicted octanol–water partition coefficient (Wildman–Crippen LogP) is -0.676. The number of aliphatic imine (C=N–C) groups is 1. The quantitative estimate of drug-likeness (QED) is 0.308. The van der Waals surface area contributed by atoms with Gasteiger partial charge in [-0.2, -0.15) is 0 Å². The highest BCUT2D eigenvalue weighted by Crippen LogP contribution is 1.73. The summed E-state index contributed by atoms with van der Waals surface area (Å²) in [4.78, 5) is 15.3. The lowest BCUT2D eigenvalue weighted by atomic mass is 10.5. The van der Waals surface area contributed by atoms with E-state index in [0.717, 1.165) is 13.0 Å². The normalized spacial score (nSPS) is 11.1. The molecule has 0 unspecified atom stereocenters. The van der Waals surface area contributed by atoms with Crippen LogP contribution in [0.25, 0.3) is 0 Å². The Morgan fingerprint density at radius 3 is 2.56 bits per heavy atom. The Hall–Kier alpha value is -1.30. The highest BCUT2D eigenvalue weighted by molar-refractivity contribution is 5.86. The largest absolute Gasteiger partial charge is 0.383 e. The van der Waals surface area contributed by atoms with E-state index in [-0.39, 0.29) is 12.5 Å². The van der Waals surface area contributed by atoms with Crippen LogP contribution in [0, 0.1) is 0 Å². The van der Waals surface area contributed by atoms with Crippen LogP contribution in [-0.4, -0.2) is 52.3 Å². The molecule has 0 saturated heterocycles. The average Bonchev–Trinajstić information content (AvgIpc) is 2.30. The van der Waals surface area contributed by atoms with Gasteiger partial charge in [-0.25, -0.2) is 0 Å². The van der Waals surface area contributed by atoms with Crippen molar-refractivity contribution in [3.05, 3.63) is 0 Å². The maximum Gasteiger partial charge on any atom is 0.239 e. The SMILES string of the molecule is CCCNC(=NC)NCC(=O)NCCOC. The number of nitrogens with one attached hydrogen (secondary N) is 3. The summed E-state index contributed by atoms with van der Waals surface area (Å²) >= 11 is 0. The molecule has 6 heteroatoms. The molecule has 1 amide bonds. The van der Waals surface area contributed by atoms with E-state index in [1.54, 1.807) is 14.2 Å². The predicted molar refractivity (Wildman–Crippen MR) is 64.5 cm³/mol. The summed E-state index contributed by atoms with van der Waals surface area (Å²) in [5.41, 5.74) is 0. The highest BCUT2D eigenvalue weighted by atomic mass is 16.5. The summed E-state index contributed by atoms with van der Waals surface area (Å²) in [7, 11) is 3.27. The van der Waals surface area contributed by atoms with E-state index in [2.05, 4.69) is 27.9 Å². The number of nitrogens with zero attached hydrogens (tertiary/aromatic N) is 1. The van der Waals surface area contributed by atoms with Crippen molar-refractivity contribution < 1.29 is 9.53 Å². The first kappa shape index (κ1) is 14.7. The molecule has 0 heterocycles. The Bertz CT molecular complexity index is 219. The van der Waals surface area contributed by atoms with Crippen molar-refractivity contribution in [1.82, 2.24) is 16.0 Å². The van der Waals surface area contributed by atoms with Gasteiger partial charge in [0.25, 0.3) is 0 Å². The van der Waals surface area contributed by atoms with Gasteiger partial charge in [0.05, 0.1) is 13.2 Å². The van der Waals surface area contributed by atoms with E-state index in [1.165, 1.54) is 0 Å². The lowest BCUT2D eigenvalue weighted by Gasteiger charge is -2.10. The Morgan fingerprint density at radius 2 is 2.00 bits per heavy atom. The topological polar surface area (TPSA) is 74.8 Å². The second-order valence-electron chi connectivity index (χ2n) is 3.20. The number of amides is 1. The van der Waals surface area contributed by atoms with E-state index in [9.17, 15) is 4.79 Å². The van der Waals surface area contributed by atoms with Crippen LogP contribution in [0.15, 0.2) is 4.99 Å². The molecule has 94 valence electrons. The van der Waals surface area contributed by atoms with E-state index >= 15 is 0 Å². The molecule has 6 nitrogen and oxygen atoms in total. The lowest BCUT2D eigenvalue weighted by Crippen LogP contribution is -2.43. The van der Waals surface area contributed by atoms with E-state index < -0.39 is 0 Å². The van der Waals surface area contributed by atoms with Crippen LogP contribution in [0.5, 0.6) is 0 Å². The number of methoxy groups -OCH3 is 1. The van der Waals surface area contributed by atoms with Gasteiger partial charge in [-0.3, -0.25) is 9.79 Å². The number of carbonyl (C=O) groups is 1. The second kappa shape index (κ2) is 10.2. The molecular formula is C10H22N4O2. The Kier molecular flexibility index (Phi) is 9.39. The first-order valence-electron chi connectivity index (χ1n) is 5.44. The molecule has 0 aromatic heterocycles. The molecule has 0 aliphatic carbocycles. The summed E-state index contributed by atoms with van der Waals surface area (Å²) in [6.07, 6.45) is 1.01. The first-order valence-corrected chi connectivity index (χ1v) is 5.44. The number of hydrogen-bond acceptors (Lipinski definition) is 3. The van der Waals surface area contributed by atoms with Gasteiger partial charge in [-0.05, 0) is 6.42 Å². The Balaban J connectivity index is 3.63. The molecule has 0 atom stereocenters. The van der Waals surface area contributed by atoms with Crippen molar-refractivity contribution in [2.75, 3.05) is 40.4 Å². The third-order valence-corrected chi connectivity index (χ3v) is 1.81. The minimum Gasteiger partial charge on any atom is -0.383 e. The summed E-state index contributed by atoms with van der Waals surface area (Å²) < 4.78 is 4.82. The third-order valence-electron chi connectivity index (χ3n) is 1.81. The minimum absolute atomic E-state index is 0.0727. The fraction of sp³-hybridized carbons (Fsp3) is 0.800. The molecule has 0 rings (SSSR count). The zero-order valence-electron chi connectivity index (χ0n) is 10.3. The maximum absolute atomic E-state index is 11.3. The van der Waals surface area contributed by atoms with Gasteiger partial charge in [0.1, 0.15) is 0 Å². The molecule has 0 aliphatic heterocycles. The minimum atomic E-state index is -0.0727. The van der Waals surface area contributed by atoms with E-state index in [4.69, 9.17) is 4.74 Å². The van der Waals surface area contributed by atoms with Crippen molar-refractivity contribution in [3.63, 3.8) is 0 Å². The van der Waals surface area contributed by atoms with Crippen molar-refractivity contribution in [2.45, 2.75) is 13.3 Å². The van der Waals surface area contributed by atoms with Crippen LogP contribution in [0.3, 0.4) is 0 Å². The van der Waals surface area contributed by atoms with Crippen LogP contribution >= 0.6 is 0 Å². The molecule has 16 heavy (non-hydrogen) atoms. The molecular weight excluding hydrogens is 208 g/mol. The van der Waals surface area contributed by atoms with Crippen LogP contribution in [0.1, 0.15) is 13.3 Å². The Labute approximate surface area is 96.8 Å². The molecule has 0 aromatic rings. The van der Waals surface area contributed by atoms with E-state index in [1.807, 2.05) is 0 Å². The monoisotopic (exact) mass is 230 g/mol. The summed E-state index contributed by atoms with van der Waals surface area (Å²) in [5, 5.41) is 8.70. The standard InChI is InChI=1S/C10H22N4O2/c1-4-5-13-10(11-2)14-8-9(15)12-6-7-16-3/h4-8H2,1-3H3,(H,12,15)(H2,11,13,14). The van der Waals surface area contributed by atoms with Crippen LogP contribution < -0.4 is 16.0 Å². The molecule has 0 spiro atoms. The van der Waals surface area contributed by atoms with Gasteiger partial charge in [0.15, 0.2) is 5.96 Å². The smallest absolute Gasteiger partial charge is 0.239 e. The van der Waals surface area contributed by atoms with Gasteiger partial charge in [0, 0.05) is 27.2 Å². The summed E-state index contributed by atoms with van der Waals surface area (Å²) in [6.45, 7) is 4.17. The number of hydrogen-bond donors (Lipinski definition) is 3. The second-order valence-corrected chi connectivity index (χ2v) is 3.20. The Morgan fingerprint density at radius 1 is 1.25 bits per heavy atom. The first-order chi connectivity index (χ1) is 7.74. The molecule has 0 bridgehead atoms.